The molecular weight excluding hydrogens is 416 g/mol. The Morgan fingerprint density at radius 1 is 1.03 bits per heavy atom. The Kier molecular flexibility index (Phi) is 4.60. The summed E-state index contributed by atoms with van der Waals surface area (Å²) >= 11 is 0. The van der Waals surface area contributed by atoms with Gasteiger partial charge in [0.05, 0.1) is 22.8 Å². The summed E-state index contributed by atoms with van der Waals surface area (Å²) in [5.74, 6) is 2.04. The Morgan fingerprint density at radius 2 is 1.79 bits per heavy atom. The van der Waals surface area contributed by atoms with Gasteiger partial charge in [-0.2, -0.15) is 15.3 Å². The fourth-order valence-electron chi connectivity index (χ4n) is 5.94. The predicted molar refractivity (Wildman–Crippen MR) is 123 cm³/mol. The van der Waals surface area contributed by atoms with Gasteiger partial charge < -0.3 is 5.32 Å². The van der Waals surface area contributed by atoms with Gasteiger partial charge >= 0.3 is 0 Å². The van der Waals surface area contributed by atoms with Crippen molar-refractivity contribution in [2.75, 3.05) is 0 Å². The molecule has 6 rings (SSSR count). The molecule has 2 fully saturated rings. The number of aromatic nitrogens is 7. The van der Waals surface area contributed by atoms with Crippen LogP contribution in [0.4, 0.5) is 0 Å². The van der Waals surface area contributed by atoms with E-state index < -0.39 is 0 Å². The first-order valence-electron chi connectivity index (χ1n) is 11.7. The van der Waals surface area contributed by atoms with Crippen molar-refractivity contribution < 1.29 is 4.79 Å². The summed E-state index contributed by atoms with van der Waals surface area (Å²) in [4.78, 5) is 18.0. The highest BCUT2D eigenvalue weighted by Gasteiger charge is 2.42. The Balaban J connectivity index is 1.37. The monoisotopic (exact) mass is 444 g/mol. The molecule has 4 atom stereocenters. The lowest BCUT2D eigenvalue weighted by Gasteiger charge is -2.28. The third kappa shape index (κ3) is 3.34. The number of hydrogen-bond donors (Lipinski definition) is 1. The lowest BCUT2D eigenvalue weighted by Crippen LogP contribution is -2.40. The van der Waals surface area contributed by atoms with E-state index in [4.69, 9.17) is 4.98 Å². The molecule has 2 aliphatic rings. The minimum atomic E-state index is -0.145. The summed E-state index contributed by atoms with van der Waals surface area (Å²) in [5.41, 5.74) is 4.34. The van der Waals surface area contributed by atoms with Gasteiger partial charge in [-0.05, 0) is 62.1 Å². The molecule has 0 saturated heterocycles. The van der Waals surface area contributed by atoms with E-state index in [1.807, 2.05) is 32.3 Å². The van der Waals surface area contributed by atoms with Gasteiger partial charge in [-0.3, -0.25) is 14.2 Å². The van der Waals surface area contributed by atoms with Crippen LogP contribution in [-0.4, -0.2) is 46.1 Å². The molecule has 9 nitrogen and oxygen atoms in total. The van der Waals surface area contributed by atoms with Crippen molar-refractivity contribution in [3.05, 3.63) is 42.4 Å². The molecule has 0 radical (unpaired) electrons. The van der Waals surface area contributed by atoms with E-state index in [1.165, 1.54) is 25.7 Å². The summed E-state index contributed by atoms with van der Waals surface area (Å²) in [6, 6.07) is 7.73. The first-order chi connectivity index (χ1) is 16.0. The van der Waals surface area contributed by atoms with E-state index in [0.717, 1.165) is 34.6 Å². The maximum absolute atomic E-state index is 13.2. The van der Waals surface area contributed by atoms with Gasteiger partial charge in [0.15, 0.2) is 11.3 Å². The lowest BCUT2D eigenvalue weighted by molar-refractivity contribution is 0.0910. The van der Waals surface area contributed by atoms with E-state index >= 15 is 0 Å². The number of amides is 1. The van der Waals surface area contributed by atoms with Crippen LogP contribution in [0.3, 0.4) is 0 Å². The van der Waals surface area contributed by atoms with Crippen molar-refractivity contribution >= 4 is 11.6 Å². The van der Waals surface area contributed by atoms with Crippen molar-refractivity contribution in [2.45, 2.75) is 38.6 Å². The third-order valence-corrected chi connectivity index (χ3v) is 7.62. The van der Waals surface area contributed by atoms with Crippen LogP contribution in [0.15, 0.2) is 36.7 Å². The number of nitrogens with one attached hydrogen (secondary N) is 1. The molecule has 2 saturated carbocycles. The number of fused-ring (bicyclic) bond motifs is 3. The van der Waals surface area contributed by atoms with E-state index in [1.54, 1.807) is 32.3 Å². The van der Waals surface area contributed by atoms with Crippen molar-refractivity contribution in [3.63, 3.8) is 0 Å². The number of aryl methyl sites for hydroxylation is 2. The smallest absolute Gasteiger partial charge is 0.272 e. The van der Waals surface area contributed by atoms with Crippen LogP contribution in [0.2, 0.25) is 0 Å². The largest absolute Gasteiger partial charge is 0.348 e. The van der Waals surface area contributed by atoms with E-state index in [-0.39, 0.29) is 11.9 Å². The van der Waals surface area contributed by atoms with Crippen LogP contribution in [0.1, 0.15) is 43.1 Å². The highest BCUT2D eigenvalue weighted by molar-refractivity contribution is 5.93. The van der Waals surface area contributed by atoms with Crippen molar-refractivity contribution in [2.24, 2.45) is 31.8 Å². The summed E-state index contributed by atoms with van der Waals surface area (Å²) in [5, 5.41) is 16.5. The normalized spacial score (nSPS) is 22.8. The Labute approximate surface area is 191 Å². The van der Waals surface area contributed by atoms with Gasteiger partial charge in [0, 0.05) is 38.6 Å². The molecule has 4 heterocycles. The molecule has 0 aromatic carbocycles. The van der Waals surface area contributed by atoms with Crippen LogP contribution in [0.5, 0.6) is 0 Å². The second-order valence-corrected chi connectivity index (χ2v) is 9.61. The summed E-state index contributed by atoms with van der Waals surface area (Å²) in [6.07, 6.45) is 8.72. The second-order valence-electron chi connectivity index (χ2n) is 9.61. The Hall–Kier alpha value is -3.49. The molecule has 2 aliphatic carbocycles. The highest BCUT2D eigenvalue weighted by atomic mass is 16.2. The van der Waals surface area contributed by atoms with Crippen molar-refractivity contribution in [1.29, 1.82) is 0 Å². The van der Waals surface area contributed by atoms with E-state index in [0.29, 0.717) is 17.3 Å². The number of rotatable bonds is 5. The van der Waals surface area contributed by atoms with Gasteiger partial charge in [0.25, 0.3) is 5.91 Å². The molecule has 170 valence electrons. The molecule has 0 spiro atoms. The predicted octanol–water partition coefficient (Wildman–Crippen LogP) is 3.08. The first-order valence-corrected chi connectivity index (χ1v) is 11.7. The van der Waals surface area contributed by atoms with Crippen LogP contribution >= 0.6 is 0 Å². The molecule has 1 N–H and O–H groups in total. The molecule has 0 aliphatic heterocycles. The molecule has 0 unspecified atom stereocenters. The highest BCUT2D eigenvalue weighted by Crippen LogP contribution is 2.49. The molecule has 4 aromatic heterocycles. The van der Waals surface area contributed by atoms with Crippen LogP contribution in [0.25, 0.3) is 28.4 Å². The van der Waals surface area contributed by atoms with E-state index in [9.17, 15) is 4.79 Å². The maximum Gasteiger partial charge on any atom is 0.272 e. The van der Waals surface area contributed by atoms with E-state index in [2.05, 4.69) is 27.5 Å². The zero-order chi connectivity index (χ0) is 22.7. The second kappa shape index (κ2) is 7.54. The molecular formula is C24H28N8O. The zero-order valence-electron chi connectivity index (χ0n) is 19.1. The average molecular weight is 445 g/mol. The maximum atomic E-state index is 13.2. The van der Waals surface area contributed by atoms with Gasteiger partial charge in [-0.1, -0.05) is 6.42 Å². The van der Waals surface area contributed by atoms with Gasteiger partial charge in [0.2, 0.25) is 0 Å². The van der Waals surface area contributed by atoms with Gasteiger partial charge in [0.1, 0.15) is 0 Å². The SMILES string of the molecule is C[C@H](NC(=O)c1cc2nc(-c3ccnn3C)cc(-c3ccnn3C)n2n1)[C@@H]1C[C@@H]2CC[C@@H]1C2. The Bertz CT molecular complexity index is 1350. The van der Waals surface area contributed by atoms with Crippen LogP contribution < -0.4 is 5.32 Å². The fraction of sp³-hybridized carbons (Fsp3) is 0.458. The summed E-state index contributed by atoms with van der Waals surface area (Å²) in [6.45, 7) is 2.14. The first kappa shape index (κ1) is 20.1. The fourth-order valence-corrected chi connectivity index (χ4v) is 5.94. The van der Waals surface area contributed by atoms with Crippen LogP contribution in [-0.2, 0) is 14.1 Å². The molecule has 1 amide bonds. The zero-order valence-corrected chi connectivity index (χ0v) is 19.1. The lowest BCUT2D eigenvalue weighted by atomic mass is 9.84. The van der Waals surface area contributed by atoms with Gasteiger partial charge in [-0.15, -0.1) is 0 Å². The quantitative estimate of drug-likeness (QED) is 0.510. The van der Waals surface area contributed by atoms with Crippen molar-refractivity contribution in [1.82, 2.24) is 39.5 Å². The third-order valence-electron chi connectivity index (χ3n) is 7.62. The molecule has 33 heavy (non-hydrogen) atoms. The minimum Gasteiger partial charge on any atom is -0.348 e. The number of hydrogen-bond acceptors (Lipinski definition) is 5. The minimum absolute atomic E-state index is 0.145. The number of carbonyl (C=O) groups excluding carboxylic acids is 1. The Morgan fingerprint density at radius 3 is 2.42 bits per heavy atom. The summed E-state index contributed by atoms with van der Waals surface area (Å²) in [7, 11) is 3.77. The average Bonchev–Trinajstić information content (AvgIpc) is 3.60. The topological polar surface area (TPSA) is 94.9 Å². The van der Waals surface area contributed by atoms with Crippen molar-refractivity contribution in [3.8, 4) is 22.8 Å². The number of nitrogens with zero attached hydrogens (tertiary/aromatic N) is 7. The molecule has 9 heteroatoms. The van der Waals surface area contributed by atoms with Gasteiger partial charge in [-0.25, -0.2) is 9.50 Å². The summed E-state index contributed by atoms with van der Waals surface area (Å²) < 4.78 is 5.31. The van der Waals surface area contributed by atoms with Crippen LogP contribution in [0, 0.1) is 17.8 Å². The molecule has 2 bridgehead atoms. The number of carbonyl (C=O) groups is 1. The standard InChI is InChI=1S/C24H28N8O/c1-14(17-11-15-4-5-16(17)10-15)27-24(33)19-13-23-28-18(20-6-8-25-30(20)2)12-22(32(23)29-19)21-7-9-26-31(21)3/h6-9,12-17H,4-5,10-11H2,1-3H3,(H,27,33)/t14-,15+,16+,17-/m0/s1. The molecule has 4 aromatic rings.